The van der Waals surface area contributed by atoms with E-state index in [1.165, 1.54) is 25.3 Å². The highest BCUT2D eigenvalue weighted by atomic mass is 79.9. The van der Waals surface area contributed by atoms with E-state index < -0.39 is 22.0 Å². The van der Waals surface area contributed by atoms with Crippen LogP contribution in [0.25, 0.3) is 12.2 Å². The molecular weight excluding hydrogens is 477 g/mol. The molecule has 0 saturated carbocycles. The summed E-state index contributed by atoms with van der Waals surface area (Å²) in [4.78, 5) is 27.3. The molecule has 31 heavy (non-hydrogen) atoms. The smallest absolute Gasteiger partial charge is 0.395 e. The van der Waals surface area contributed by atoms with Crippen LogP contribution in [0.3, 0.4) is 0 Å². The summed E-state index contributed by atoms with van der Waals surface area (Å²) in [6, 6.07) is 9.37. The van der Waals surface area contributed by atoms with Crippen LogP contribution in [0, 0.1) is 15.9 Å². The fraction of sp³-hybridized carbons (Fsp3) is 0.100. The van der Waals surface area contributed by atoms with E-state index in [1.807, 2.05) is 0 Å². The van der Waals surface area contributed by atoms with Gasteiger partial charge in [-0.1, -0.05) is 18.2 Å². The number of aromatic nitrogens is 2. The van der Waals surface area contributed by atoms with Gasteiger partial charge in [-0.15, -0.1) is 0 Å². The Hall–Kier alpha value is -3.73. The van der Waals surface area contributed by atoms with Crippen molar-refractivity contribution in [3.63, 3.8) is 0 Å². The second kappa shape index (κ2) is 9.39. The van der Waals surface area contributed by atoms with Gasteiger partial charge in [-0.2, -0.15) is 4.98 Å². The molecule has 0 aliphatic carbocycles. The zero-order valence-electron chi connectivity index (χ0n) is 16.0. The third-order valence-electron chi connectivity index (χ3n) is 4.04. The number of ether oxygens (including phenoxy) is 2. The average Bonchev–Trinajstić information content (AvgIpc) is 2.70. The molecule has 0 bridgehead atoms. The first kappa shape index (κ1) is 22.0. The fourth-order valence-electron chi connectivity index (χ4n) is 2.65. The molecular formula is C20H15BrFN3O6. The third kappa shape index (κ3) is 5.25. The number of aromatic hydroxyl groups is 1. The summed E-state index contributed by atoms with van der Waals surface area (Å²) in [5.41, 5.74) is -0.841. The molecule has 11 heteroatoms. The van der Waals surface area contributed by atoms with Crippen LogP contribution in [-0.4, -0.2) is 27.1 Å². The Bertz CT molecular complexity index is 1230. The van der Waals surface area contributed by atoms with Crippen molar-refractivity contribution in [2.45, 2.75) is 6.61 Å². The van der Waals surface area contributed by atoms with Crippen LogP contribution in [0.2, 0.25) is 0 Å². The van der Waals surface area contributed by atoms with Gasteiger partial charge in [0.05, 0.1) is 16.5 Å². The first-order valence-corrected chi connectivity index (χ1v) is 9.48. The minimum atomic E-state index is -1.07. The number of nitro groups is 1. The van der Waals surface area contributed by atoms with Crippen LogP contribution < -0.4 is 15.0 Å². The van der Waals surface area contributed by atoms with E-state index in [2.05, 4.69) is 25.9 Å². The third-order valence-corrected chi connectivity index (χ3v) is 4.62. The highest BCUT2D eigenvalue weighted by molar-refractivity contribution is 9.10. The number of nitrogens with one attached hydrogen (secondary N) is 1. The molecule has 0 unspecified atom stereocenters. The maximum atomic E-state index is 13.3. The minimum Gasteiger partial charge on any atom is -0.493 e. The summed E-state index contributed by atoms with van der Waals surface area (Å²) in [5, 5.41) is 20.4. The number of aromatic amines is 1. The largest absolute Gasteiger partial charge is 0.493 e. The topological polar surface area (TPSA) is 128 Å². The number of benzene rings is 2. The van der Waals surface area contributed by atoms with Crippen LogP contribution in [-0.2, 0) is 6.61 Å². The predicted octanol–water partition coefficient (Wildman–Crippen LogP) is 4.04. The van der Waals surface area contributed by atoms with Crippen LogP contribution >= 0.6 is 15.9 Å². The number of nitrogens with zero attached hydrogens (tertiary/aromatic N) is 2. The molecule has 0 spiro atoms. The summed E-state index contributed by atoms with van der Waals surface area (Å²) >= 11 is 3.40. The number of rotatable bonds is 7. The first-order chi connectivity index (χ1) is 14.8. The highest BCUT2D eigenvalue weighted by Gasteiger charge is 2.21. The van der Waals surface area contributed by atoms with Crippen molar-refractivity contribution in [2.24, 2.45) is 0 Å². The highest BCUT2D eigenvalue weighted by Crippen LogP contribution is 2.37. The first-order valence-electron chi connectivity index (χ1n) is 8.69. The quantitative estimate of drug-likeness (QED) is 0.376. The molecule has 0 amide bonds. The molecule has 2 aromatic carbocycles. The van der Waals surface area contributed by atoms with Gasteiger partial charge in [-0.05, 0) is 57.4 Å². The Balaban J connectivity index is 1.84. The van der Waals surface area contributed by atoms with Crippen LogP contribution in [0.15, 0.2) is 45.7 Å². The standard InChI is InChI=1S/C20H15BrFN3O6/c1-30-15-9-11(5-6-16-23-19(26)17(25(28)29)20(27)24-16)8-14(21)18(15)31-10-12-3-2-4-13(22)7-12/h2-9H,10H2,1H3,(H2,23,24,26,27). The van der Waals surface area contributed by atoms with Gasteiger partial charge in [0.1, 0.15) is 18.2 Å². The van der Waals surface area contributed by atoms with Crippen molar-refractivity contribution in [3.8, 4) is 17.4 Å². The molecule has 3 aromatic rings. The second-order valence-corrected chi connectivity index (χ2v) is 7.02. The average molecular weight is 492 g/mol. The van der Waals surface area contributed by atoms with Crippen LogP contribution in [0.1, 0.15) is 17.0 Å². The summed E-state index contributed by atoms with van der Waals surface area (Å²) in [5.74, 6) is -0.624. The van der Waals surface area contributed by atoms with E-state index in [1.54, 1.807) is 30.3 Å². The molecule has 0 aliphatic heterocycles. The van der Waals surface area contributed by atoms with Crippen LogP contribution in [0.5, 0.6) is 17.4 Å². The van der Waals surface area contributed by atoms with Gasteiger partial charge in [0.15, 0.2) is 11.5 Å². The molecule has 0 fully saturated rings. The molecule has 0 saturated heterocycles. The maximum Gasteiger partial charge on any atom is 0.395 e. The molecule has 2 N–H and O–H groups in total. The van der Waals surface area contributed by atoms with Crippen molar-refractivity contribution in [3.05, 3.63) is 84.1 Å². The van der Waals surface area contributed by atoms with Crippen molar-refractivity contribution in [1.29, 1.82) is 0 Å². The molecule has 0 atom stereocenters. The summed E-state index contributed by atoms with van der Waals surface area (Å²) < 4.78 is 25.0. The monoisotopic (exact) mass is 491 g/mol. The zero-order valence-corrected chi connectivity index (χ0v) is 17.6. The minimum absolute atomic E-state index is 0.0744. The zero-order chi connectivity index (χ0) is 22.5. The van der Waals surface area contributed by atoms with Gasteiger partial charge < -0.3 is 19.6 Å². The molecule has 0 aliphatic rings. The lowest BCUT2D eigenvalue weighted by atomic mass is 10.2. The molecule has 1 heterocycles. The van der Waals surface area contributed by atoms with E-state index in [0.29, 0.717) is 27.1 Å². The number of hydrogen-bond acceptors (Lipinski definition) is 7. The Morgan fingerprint density at radius 3 is 2.74 bits per heavy atom. The van der Waals surface area contributed by atoms with Gasteiger partial charge >= 0.3 is 11.2 Å². The van der Waals surface area contributed by atoms with Gasteiger partial charge in [-0.3, -0.25) is 14.9 Å². The molecule has 1 aromatic heterocycles. The van der Waals surface area contributed by atoms with Crippen molar-refractivity contribution in [2.75, 3.05) is 7.11 Å². The molecule has 3 rings (SSSR count). The number of halogens is 2. The van der Waals surface area contributed by atoms with E-state index in [9.17, 15) is 24.4 Å². The number of hydrogen-bond donors (Lipinski definition) is 2. The van der Waals surface area contributed by atoms with Gasteiger partial charge in [0.25, 0.3) is 5.88 Å². The predicted molar refractivity (Wildman–Crippen MR) is 114 cm³/mol. The molecule has 0 radical (unpaired) electrons. The summed E-state index contributed by atoms with van der Waals surface area (Å²) in [6.07, 6.45) is 2.91. The van der Waals surface area contributed by atoms with Crippen LogP contribution in [0.4, 0.5) is 10.1 Å². The van der Waals surface area contributed by atoms with Crippen molar-refractivity contribution >= 4 is 33.8 Å². The lowest BCUT2D eigenvalue weighted by molar-refractivity contribution is -0.387. The Morgan fingerprint density at radius 2 is 2.10 bits per heavy atom. The second-order valence-electron chi connectivity index (χ2n) is 6.17. The van der Waals surface area contributed by atoms with Gasteiger partial charge in [-0.25, -0.2) is 4.39 Å². The number of methoxy groups -OCH3 is 1. The van der Waals surface area contributed by atoms with Gasteiger partial charge in [0.2, 0.25) is 0 Å². The van der Waals surface area contributed by atoms with Crippen molar-refractivity contribution in [1.82, 2.24) is 9.97 Å². The fourth-order valence-corrected chi connectivity index (χ4v) is 3.22. The summed E-state index contributed by atoms with van der Waals surface area (Å²) in [6.45, 7) is 0.120. The SMILES string of the molecule is COc1cc(C=Cc2nc(O)c([N+](=O)[O-])c(=O)[nH]2)cc(Br)c1OCc1cccc(F)c1. The summed E-state index contributed by atoms with van der Waals surface area (Å²) in [7, 11) is 1.46. The Morgan fingerprint density at radius 1 is 1.32 bits per heavy atom. The Labute approximate surface area is 183 Å². The molecule has 9 nitrogen and oxygen atoms in total. The van der Waals surface area contributed by atoms with E-state index >= 15 is 0 Å². The lowest BCUT2D eigenvalue weighted by Crippen LogP contribution is -2.14. The lowest BCUT2D eigenvalue weighted by Gasteiger charge is -2.13. The van der Waals surface area contributed by atoms with E-state index in [4.69, 9.17) is 9.47 Å². The number of H-pyrrole nitrogens is 1. The van der Waals surface area contributed by atoms with Gasteiger partial charge in [0, 0.05) is 0 Å². The van der Waals surface area contributed by atoms with E-state index in [-0.39, 0.29) is 18.2 Å². The van der Waals surface area contributed by atoms with Crippen molar-refractivity contribution < 1.29 is 23.9 Å². The molecule has 160 valence electrons. The van der Waals surface area contributed by atoms with E-state index in [0.717, 1.165) is 0 Å². The Kier molecular flexibility index (Phi) is 6.65. The normalized spacial score (nSPS) is 10.9. The maximum absolute atomic E-state index is 13.3.